The van der Waals surface area contributed by atoms with Gasteiger partial charge in [-0.3, -0.25) is 4.79 Å². The molecule has 0 unspecified atom stereocenters. The van der Waals surface area contributed by atoms with Crippen LogP contribution in [0.3, 0.4) is 0 Å². The van der Waals surface area contributed by atoms with Gasteiger partial charge in [0, 0.05) is 18.1 Å². The number of hydrogen-bond donors (Lipinski definition) is 3. The number of hydrogen-bond acceptors (Lipinski definition) is 6. The van der Waals surface area contributed by atoms with Gasteiger partial charge in [-0.05, 0) is 28.1 Å². The quantitative estimate of drug-likeness (QED) is 0.680. The molecule has 0 bridgehead atoms. The zero-order chi connectivity index (χ0) is 15.2. The Morgan fingerprint density at radius 3 is 2.95 bits per heavy atom. The first kappa shape index (κ1) is 15.7. The van der Waals surface area contributed by atoms with Crippen LogP contribution < -0.4 is 16.4 Å². The van der Waals surface area contributed by atoms with E-state index in [9.17, 15) is 4.79 Å². The van der Waals surface area contributed by atoms with Crippen LogP contribution in [0.2, 0.25) is 0 Å². The lowest BCUT2D eigenvalue weighted by atomic mass is 10.3. The summed E-state index contributed by atoms with van der Waals surface area (Å²) < 4.78 is 5.74. The number of nitrogens with two attached hydrogens (primary N) is 1. The molecule has 1 aromatic heterocycles. The van der Waals surface area contributed by atoms with Crippen molar-refractivity contribution in [2.45, 2.75) is 0 Å². The average molecular weight is 371 g/mol. The molecule has 1 aromatic carbocycles. The molecule has 0 spiro atoms. The highest BCUT2D eigenvalue weighted by molar-refractivity contribution is 9.10. The number of ether oxygens (including phenoxy) is 1. The SMILES string of the molecule is COCCNc1nc(N)c(C(=O)Nc2ccccc2Br)s1. The molecule has 0 saturated carbocycles. The predicted molar refractivity (Wildman–Crippen MR) is 89.0 cm³/mol. The Hall–Kier alpha value is -1.64. The standard InChI is InChI=1S/C13H15BrN4O2S/c1-20-7-6-16-13-18-11(15)10(21-13)12(19)17-9-5-3-2-4-8(9)14/h2-5H,6-7,15H2,1H3,(H,16,18)(H,17,19). The number of rotatable bonds is 6. The molecule has 8 heteroatoms. The molecule has 0 atom stereocenters. The lowest BCUT2D eigenvalue weighted by Gasteiger charge is -2.05. The van der Waals surface area contributed by atoms with E-state index in [0.717, 1.165) is 4.47 Å². The molecular weight excluding hydrogens is 356 g/mol. The predicted octanol–water partition coefficient (Wildman–Crippen LogP) is 2.80. The number of benzene rings is 1. The molecule has 2 aromatic rings. The molecule has 112 valence electrons. The minimum atomic E-state index is -0.281. The van der Waals surface area contributed by atoms with Crippen molar-refractivity contribution in [3.05, 3.63) is 33.6 Å². The number of thiazole rings is 1. The van der Waals surface area contributed by atoms with Crippen LogP contribution in [0.4, 0.5) is 16.6 Å². The maximum absolute atomic E-state index is 12.2. The van der Waals surface area contributed by atoms with Crippen molar-refractivity contribution in [3.8, 4) is 0 Å². The molecule has 0 saturated heterocycles. The molecule has 0 aliphatic heterocycles. The highest BCUT2D eigenvalue weighted by atomic mass is 79.9. The third-order valence-corrected chi connectivity index (χ3v) is 4.28. The summed E-state index contributed by atoms with van der Waals surface area (Å²) in [5, 5.41) is 6.45. The molecule has 0 aliphatic carbocycles. The van der Waals surface area contributed by atoms with Gasteiger partial charge in [-0.1, -0.05) is 23.5 Å². The largest absolute Gasteiger partial charge is 0.383 e. The minimum Gasteiger partial charge on any atom is -0.383 e. The summed E-state index contributed by atoms with van der Waals surface area (Å²) in [6.07, 6.45) is 0. The van der Waals surface area contributed by atoms with Gasteiger partial charge in [0.25, 0.3) is 5.91 Å². The summed E-state index contributed by atoms with van der Waals surface area (Å²) >= 11 is 4.59. The van der Waals surface area contributed by atoms with Crippen LogP contribution in [0.15, 0.2) is 28.7 Å². The fourth-order valence-corrected chi connectivity index (χ4v) is 2.76. The number of methoxy groups -OCH3 is 1. The van der Waals surface area contributed by atoms with Crippen molar-refractivity contribution < 1.29 is 9.53 Å². The number of anilines is 3. The third-order valence-electron chi connectivity index (χ3n) is 2.56. The van der Waals surface area contributed by atoms with E-state index in [0.29, 0.717) is 28.8 Å². The van der Waals surface area contributed by atoms with E-state index in [2.05, 4.69) is 31.5 Å². The van der Waals surface area contributed by atoms with Gasteiger partial charge < -0.3 is 21.1 Å². The number of carbonyl (C=O) groups excluding carboxylic acids is 1. The molecule has 6 nitrogen and oxygen atoms in total. The highest BCUT2D eigenvalue weighted by Crippen LogP contribution is 2.27. The number of nitrogens with one attached hydrogen (secondary N) is 2. The smallest absolute Gasteiger partial charge is 0.269 e. The molecule has 1 amide bonds. The summed E-state index contributed by atoms with van der Waals surface area (Å²) in [5.74, 6) is -0.0684. The van der Waals surface area contributed by atoms with E-state index >= 15 is 0 Å². The molecule has 0 fully saturated rings. The van der Waals surface area contributed by atoms with Gasteiger partial charge in [-0.2, -0.15) is 0 Å². The maximum Gasteiger partial charge on any atom is 0.269 e. The lowest BCUT2D eigenvalue weighted by molar-refractivity contribution is 0.103. The Bertz CT molecular complexity index is 632. The number of halogens is 1. The number of aromatic nitrogens is 1. The second kappa shape index (κ2) is 7.39. The van der Waals surface area contributed by atoms with Crippen LogP contribution in [0.5, 0.6) is 0 Å². The third kappa shape index (κ3) is 4.16. The topological polar surface area (TPSA) is 89.3 Å². The highest BCUT2D eigenvalue weighted by Gasteiger charge is 2.17. The molecule has 1 heterocycles. The normalized spacial score (nSPS) is 10.4. The van der Waals surface area contributed by atoms with Crippen molar-refractivity contribution in [2.75, 3.05) is 36.6 Å². The van der Waals surface area contributed by atoms with E-state index in [4.69, 9.17) is 10.5 Å². The summed E-state index contributed by atoms with van der Waals surface area (Å²) in [6, 6.07) is 7.37. The fraction of sp³-hybridized carbons (Fsp3) is 0.231. The zero-order valence-electron chi connectivity index (χ0n) is 11.4. The van der Waals surface area contributed by atoms with Crippen molar-refractivity contribution in [3.63, 3.8) is 0 Å². The van der Waals surface area contributed by atoms with Crippen LogP contribution in [0.25, 0.3) is 0 Å². The molecule has 2 rings (SSSR count). The number of carbonyl (C=O) groups is 1. The Morgan fingerprint density at radius 2 is 2.24 bits per heavy atom. The fourth-order valence-electron chi connectivity index (χ4n) is 1.57. The number of nitrogen functional groups attached to an aromatic ring is 1. The summed E-state index contributed by atoms with van der Waals surface area (Å²) in [4.78, 5) is 16.7. The first-order valence-electron chi connectivity index (χ1n) is 6.17. The van der Waals surface area contributed by atoms with Crippen LogP contribution in [-0.2, 0) is 4.74 Å². The summed E-state index contributed by atoms with van der Waals surface area (Å²) in [6.45, 7) is 1.16. The monoisotopic (exact) mass is 370 g/mol. The second-order valence-electron chi connectivity index (χ2n) is 4.09. The van der Waals surface area contributed by atoms with E-state index in [1.807, 2.05) is 18.2 Å². The van der Waals surface area contributed by atoms with Crippen molar-refractivity contribution in [2.24, 2.45) is 0 Å². The molecule has 0 radical (unpaired) electrons. The number of nitrogens with zero attached hydrogens (tertiary/aromatic N) is 1. The van der Waals surface area contributed by atoms with E-state index in [-0.39, 0.29) is 11.7 Å². The lowest BCUT2D eigenvalue weighted by Crippen LogP contribution is -2.12. The van der Waals surface area contributed by atoms with Gasteiger partial charge >= 0.3 is 0 Å². The van der Waals surface area contributed by atoms with Crippen LogP contribution >= 0.6 is 27.3 Å². The van der Waals surface area contributed by atoms with Crippen molar-refractivity contribution >= 4 is 49.8 Å². The molecule has 0 aliphatic rings. The number of amides is 1. The van der Waals surface area contributed by atoms with E-state index in [1.165, 1.54) is 11.3 Å². The van der Waals surface area contributed by atoms with Gasteiger partial charge in [0.1, 0.15) is 10.7 Å². The molecular formula is C13H15BrN4O2S. The van der Waals surface area contributed by atoms with Gasteiger partial charge in [0.15, 0.2) is 5.13 Å². The second-order valence-corrected chi connectivity index (χ2v) is 5.94. The van der Waals surface area contributed by atoms with Gasteiger partial charge in [0.05, 0.1) is 12.3 Å². The van der Waals surface area contributed by atoms with Gasteiger partial charge in [0.2, 0.25) is 0 Å². The Labute approximate surface area is 134 Å². The van der Waals surface area contributed by atoms with E-state index < -0.39 is 0 Å². The first-order valence-corrected chi connectivity index (χ1v) is 7.77. The Morgan fingerprint density at radius 1 is 1.48 bits per heavy atom. The van der Waals surface area contributed by atoms with Crippen LogP contribution in [0.1, 0.15) is 9.67 Å². The Kier molecular flexibility index (Phi) is 5.54. The van der Waals surface area contributed by atoms with Gasteiger partial charge in [-0.15, -0.1) is 0 Å². The van der Waals surface area contributed by atoms with E-state index in [1.54, 1.807) is 13.2 Å². The van der Waals surface area contributed by atoms with Gasteiger partial charge in [-0.25, -0.2) is 4.98 Å². The molecule has 21 heavy (non-hydrogen) atoms. The summed E-state index contributed by atoms with van der Waals surface area (Å²) in [7, 11) is 1.62. The molecule has 4 N–H and O–H groups in total. The minimum absolute atomic E-state index is 0.212. The average Bonchev–Trinajstić information content (AvgIpc) is 2.83. The van der Waals surface area contributed by atoms with Crippen LogP contribution in [0, 0.1) is 0 Å². The van der Waals surface area contributed by atoms with Crippen molar-refractivity contribution in [1.29, 1.82) is 0 Å². The van der Waals surface area contributed by atoms with Crippen molar-refractivity contribution in [1.82, 2.24) is 4.98 Å². The zero-order valence-corrected chi connectivity index (χ0v) is 13.8. The summed E-state index contributed by atoms with van der Waals surface area (Å²) in [5.41, 5.74) is 6.48. The first-order chi connectivity index (χ1) is 10.1. The maximum atomic E-state index is 12.2. The van der Waals surface area contributed by atoms with Crippen LogP contribution in [-0.4, -0.2) is 31.2 Å². The Balaban J connectivity index is 2.07. The number of para-hydroxylation sites is 1.